The molecule has 0 aromatic carbocycles. The first-order valence-corrected chi connectivity index (χ1v) is 7.09. The minimum absolute atomic E-state index is 0.0726. The zero-order valence-electron chi connectivity index (χ0n) is 11.5. The number of halogens is 1. The summed E-state index contributed by atoms with van der Waals surface area (Å²) in [6.07, 6.45) is 1.65. The lowest BCUT2D eigenvalue weighted by atomic mass is 9.96. The van der Waals surface area contributed by atoms with Crippen molar-refractivity contribution in [2.24, 2.45) is 5.92 Å². The number of aromatic nitrogens is 2. The van der Waals surface area contributed by atoms with Gasteiger partial charge in [-0.05, 0) is 25.0 Å². The summed E-state index contributed by atoms with van der Waals surface area (Å²) in [5, 5.41) is 11.2. The van der Waals surface area contributed by atoms with Gasteiger partial charge in [-0.1, -0.05) is 11.6 Å². The maximum Gasteiger partial charge on any atom is 0.223 e. The number of nitrogens with zero attached hydrogens (tertiary/aromatic N) is 3. The summed E-state index contributed by atoms with van der Waals surface area (Å²) in [4.78, 5) is 14.1. The molecule has 20 heavy (non-hydrogen) atoms. The highest BCUT2D eigenvalue weighted by molar-refractivity contribution is 6.29. The summed E-state index contributed by atoms with van der Waals surface area (Å²) in [6, 6.07) is 3.59. The zero-order chi connectivity index (χ0) is 14.4. The minimum Gasteiger partial charge on any atom is -0.383 e. The average Bonchev–Trinajstić information content (AvgIpc) is 2.48. The maximum absolute atomic E-state index is 11.9. The van der Waals surface area contributed by atoms with Gasteiger partial charge in [-0.3, -0.25) is 4.79 Å². The fourth-order valence-electron chi connectivity index (χ4n) is 2.27. The number of carbonyl (C=O) groups excluding carboxylic acids is 1. The van der Waals surface area contributed by atoms with Crippen LogP contribution in [0.2, 0.25) is 5.15 Å². The van der Waals surface area contributed by atoms with E-state index in [1.165, 1.54) is 0 Å². The number of methoxy groups -OCH3 is 1. The van der Waals surface area contributed by atoms with Crippen molar-refractivity contribution in [2.45, 2.75) is 12.8 Å². The van der Waals surface area contributed by atoms with Crippen LogP contribution in [0.3, 0.4) is 0 Å². The third-order valence-electron chi connectivity index (χ3n) is 3.41. The van der Waals surface area contributed by atoms with Crippen LogP contribution in [0.5, 0.6) is 0 Å². The highest BCUT2D eigenvalue weighted by atomic mass is 35.5. The molecule has 1 N–H and O–H groups in total. The molecular formula is C13H19ClN4O2. The normalized spacial score (nSPS) is 16.2. The van der Waals surface area contributed by atoms with Crippen LogP contribution in [-0.2, 0) is 9.53 Å². The molecule has 2 heterocycles. The second kappa shape index (κ2) is 7.40. The topological polar surface area (TPSA) is 67.3 Å². The van der Waals surface area contributed by atoms with E-state index in [2.05, 4.69) is 20.4 Å². The summed E-state index contributed by atoms with van der Waals surface area (Å²) < 4.78 is 4.92. The zero-order valence-corrected chi connectivity index (χ0v) is 12.3. The maximum atomic E-state index is 11.9. The van der Waals surface area contributed by atoms with Crippen molar-refractivity contribution >= 4 is 23.3 Å². The molecule has 0 atom stereocenters. The van der Waals surface area contributed by atoms with Crippen LogP contribution in [0.25, 0.3) is 0 Å². The molecule has 1 fully saturated rings. The van der Waals surface area contributed by atoms with Crippen molar-refractivity contribution < 1.29 is 9.53 Å². The molecule has 0 saturated carbocycles. The second-order valence-corrected chi connectivity index (χ2v) is 5.15. The number of ether oxygens (including phenoxy) is 1. The molecule has 0 aliphatic carbocycles. The molecular weight excluding hydrogens is 280 g/mol. The van der Waals surface area contributed by atoms with E-state index in [-0.39, 0.29) is 11.8 Å². The fourth-order valence-corrected chi connectivity index (χ4v) is 2.37. The highest BCUT2D eigenvalue weighted by Gasteiger charge is 2.25. The van der Waals surface area contributed by atoms with Crippen LogP contribution in [0, 0.1) is 5.92 Å². The predicted molar refractivity (Wildman–Crippen MR) is 76.9 cm³/mol. The SMILES string of the molecule is COCCNC(=O)C1CCN(c2ccc(Cl)nn2)CC1. The molecule has 1 aliphatic heterocycles. The lowest BCUT2D eigenvalue weighted by Gasteiger charge is -2.31. The Balaban J connectivity index is 1.80. The van der Waals surface area contributed by atoms with Gasteiger partial charge in [-0.2, -0.15) is 0 Å². The lowest BCUT2D eigenvalue weighted by molar-refractivity contribution is -0.125. The Hall–Kier alpha value is -1.40. The Kier molecular flexibility index (Phi) is 5.55. The number of carbonyl (C=O) groups is 1. The quantitative estimate of drug-likeness (QED) is 0.825. The van der Waals surface area contributed by atoms with Crippen LogP contribution in [0.4, 0.5) is 5.82 Å². The standard InChI is InChI=1S/C13H19ClN4O2/c1-20-9-6-15-13(19)10-4-7-18(8-5-10)12-3-2-11(14)16-17-12/h2-3,10H,4-9H2,1H3,(H,15,19). The summed E-state index contributed by atoms with van der Waals surface area (Å²) in [6.45, 7) is 2.72. The number of rotatable bonds is 5. The van der Waals surface area contributed by atoms with Gasteiger partial charge in [-0.25, -0.2) is 0 Å². The molecule has 0 bridgehead atoms. The smallest absolute Gasteiger partial charge is 0.223 e. The largest absolute Gasteiger partial charge is 0.383 e. The van der Waals surface area contributed by atoms with Crippen LogP contribution in [0.1, 0.15) is 12.8 Å². The molecule has 1 aromatic rings. The van der Waals surface area contributed by atoms with E-state index in [0.29, 0.717) is 18.3 Å². The van der Waals surface area contributed by atoms with Crippen LogP contribution < -0.4 is 10.2 Å². The van der Waals surface area contributed by atoms with Gasteiger partial charge in [0.05, 0.1) is 6.61 Å². The van der Waals surface area contributed by atoms with Crippen LogP contribution in [-0.4, -0.2) is 49.5 Å². The van der Waals surface area contributed by atoms with E-state index in [4.69, 9.17) is 16.3 Å². The van der Waals surface area contributed by atoms with Crippen molar-refractivity contribution in [2.75, 3.05) is 38.3 Å². The fraction of sp³-hybridized carbons (Fsp3) is 0.615. The molecule has 6 nitrogen and oxygen atoms in total. The van der Waals surface area contributed by atoms with E-state index in [9.17, 15) is 4.79 Å². The van der Waals surface area contributed by atoms with Gasteiger partial charge in [0.25, 0.3) is 0 Å². The first-order chi connectivity index (χ1) is 9.70. The summed E-state index contributed by atoms with van der Waals surface area (Å²) in [7, 11) is 1.62. The van der Waals surface area contributed by atoms with Gasteiger partial charge in [0, 0.05) is 32.7 Å². The molecule has 0 unspecified atom stereocenters. The summed E-state index contributed by atoms with van der Waals surface area (Å²) in [5.74, 6) is 1.000. The number of amides is 1. The van der Waals surface area contributed by atoms with E-state index in [1.807, 2.05) is 6.07 Å². The third-order valence-corrected chi connectivity index (χ3v) is 3.61. The number of hydrogen-bond donors (Lipinski definition) is 1. The Morgan fingerprint density at radius 2 is 2.20 bits per heavy atom. The number of nitrogens with one attached hydrogen (secondary N) is 1. The molecule has 2 rings (SSSR count). The van der Waals surface area contributed by atoms with E-state index in [1.54, 1.807) is 13.2 Å². The van der Waals surface area contributed by atoms with Gasteiger partial charge in [-0.15, -0.1) is 10.2 Å². The minimum atomic E-state index is 0.0726. The second-order valence-electron chi connectivity index (χ2n) is 4.76. The molecule has 1 aliphatic rings. The van der Waals surface area contributed by atoms with Crippen molar-refractivity contribution in [3.05, 3.63) is 17.3 Å². The first-order valence-electron chi connectivity index (χ1n) is 6.71. The third kappa shape index (κ3) is 4.05. The predicted octanol–water partition coefficient (Wildman–Crippen LogP) is 1.11. The van der Waals surface area contributed by atoms with E-state index in [0.717, 1.165) is 31.7 Å². The Morgan fingerprint density at radius 3 is 2.80 bits per heavy atom. The summed E-state index contributed by atoms with van der Waals surface area (Å²) >= 11 is 5.72. The van der Waals surface area contributed by atoms with E-state index < -0.39 is 0 Å². The molecule has 110 valence electrons. The monoisotopic (exact) mass is 298 g/mol. The molecule has 1 saturated heterocycles. The number of hydrogen-bond acceptors (Lipinski definition) is 5. The van der Waals surface area contributed by atoms with Crippen molar-refractivity contribution in [1.29, 1.82) is 0 Å². The van der Waals surface area contributed by atoms with Crippen molar-refractivity contribution in [1.82, 2.24) is 15.5 Å². The molecule has 1 aromatic heterocycles. The lowest BCUT2D eigenvalue weighted by Crippen LogP contribution is -2.41. The molecule has 0 radical (unpaired) electrons. The van der Waals surface area contributed by atoms with Crippen molar-refractivity contribution in [3.63, 3.8) is 0 Å². The first kappa shape index (κ1) is 15.0. The molecule has 0 spiro atoms. The number of piperidine rings is 1. The number of anilines is 1. The van der Waals surface area contributed by atoms with Gasteiger partial charge >= 0.3 is 0 Å². The van der Waals surface area contributed by atoms with Crippen LogP contribution >= 0.6 is 11.6 Å². The molecule has 1 amide bonds. The van der Waals surface area contributed by atoms with Gasteiger partial charge < -0.3 is 15.0 Å². The van der Waals surface area contributed by atoms with Crippen molar-refractivity contribution in [3.8, 4) is 0 Å². The Bertz CT molecular complexity index is 433. The van der Waals surface area contributed by atoms with Gasteiger partial charge in [0.15, 0.2) is 11.0 Å². The Morgan fingerprint density at radius 1 is 1.45 bits per heavy atom. The van der Waals surface area contributed by atoms with Crippen LogP contribution in [0.15, 0.2) is 12.1 Å². The van der Waals surface area contributed by atoms with Gasteiger partial charge in [0.2, 0.25) is 5.91 Å². The average molecular weight is 299 g/mol. The summed E-state index contributed by atoms with van der Waals surface area (Å²) in [5.41, 5.74) is 0. The highest BCUT2D eigenvalue weighted by Crippen LogP contribution is 2.21. The molecule has 7 heteroatoms. The van der Waals surface area contributed by atoms with E-state index >= 15 is 0 Å². The Labute approximate surface area is 123 Å². The van der Waals surface area contributed by atoms with Gasteiger partial charge in [0.1, 0.15) is 0 Å².